The van der Waals surface area contributed by atoms with Crippen molar-refractivity contribution in [2.75, 3.05) is 11.9 Å². The highest BCUT2D eigenvalue weighted by Gasteiger charge is 2.22. The Morgan fingerprint density at radius 2 is 1.72 bits per heavy atom. The zero-order valence-corrected chi connectivity index (χ0v) is 13.8. The van der Waals surface area contributed by atoms with Crippen LogP contribution in [-0.2, 0) is 11.3 Å². The maximum absolute atomic E-state index is 12.6. The van der Waals surface area contributed by atoms with Gasteiger partial charge in [-0.1, -0.05) is 17.7 Å². The van der Waals surface area contributed by atoms with Crippen LogP contribution in [0, 0.1) is 6.92 Å². The van der Waals surface area contributed by atoms with Crippen LogP contribution >= 0.6 is 0 Å². The van der Waals surface area contributed by atoms with Crippen LogP contribution < -0.4 is 5.32 Å². The lowest BCUT2D eigenvalue weighted by Gasteiger charge is -2.20. The van der Waals surface area contributed by atoms with Crippen molar-refractivity contribution >= 4 is 17.5 Å². The van der Waals surface area contributed by atoms with Crippen LogP contribution in [0.2, 0.25) is 0 Å². The van der Waals surface area contributed by atoms with E-state index in [1.807, 2.05) is 31.2 Å². The number of carbonyl (C=O) groups excluding carboxylic acids is 2. The van der Waals surface area contributed by atoms with Crippen molar-refractivity contribution in [2.45, 2.75) is 13.5 Å². The summed E-state index contributed by atoms with van der Waals surface area (Å²) in [6.45, 7) is 2.03. The molecule has 0 radical (unpaired) electrons. The van der Waals surface area contributed by atoms with Crippen molar-refractivity contribution in [3.8, 4) is 0 Å². The lowest BCUT2D eigenvalue weighted by molar-refractivity contribution is -0.117. The van der Waals surface area contributed by atoms with Crippen molar-refractivity contribution in [2.24, 2.45) is 0 Å². The molecule has 1 aromatic carbocycles. The van der Waals surface area contributed by atoms with E-state index in [1.54, 1.807) is 24.3 Å². The van der Waals surface area contributed by atoms with E-state index in [1.165, 1.54) is 17.4 Å². The van der Waals surface area contributed by atoms with E-state index in [0.29, 0.717) is 11.4 Å². The molecule has 2 heterocycles. The summed E-state index contributed by atoms with van der Waals surface area (Å²) >= 11 is 0. The summed E-state index contributed by atoms with van der Waals surface area (Å²) in [5.41, 5.74) is 1.78. The molecule has 0 aliphatic carbocycles. The van der Waals surface area contributed by atoms with Crippen LogP contribution in [0.4, 0.5) is 5.69 Å². The van der Waals surface area contributed by atoms with Gasteiger partial charge < -0.3 is 19.1 Å². The Labute approximate surface area is 145 Å². The minimum Gasteiger partial charge on any atom is -0.467 e. The smallest absolute Gasteiger partial charge is 0.290 e. The number of furan rings is 2. The predicted octanol–water partition coefficient (Wildman–Crippen LogP) is 3.46. The molecule has 2 aromatic heterocycles. The fourth-order valence-corrected chi connectivity index (χ4v) is 2.36. The van der Waals surface area contributed by atoms with Crippen LogP contribution in [0.25, 0.3) is 0 Å². The van der Waals surface area contributed by atoms with Gasteiger partial charge in [0.2, 0.25) is 5.91 Å². The normalized spacial score (nSPS) is 10.4. The molecule has 0 atom stereocenters. The molecule has 0 aliphatic rings. The number of carbonyl (C=O) groups is 2. The number of hydrogen-bond donors (Lipinski definition) is 1. The van der Waals surface area contributed by atoms with Gasteiger partial charge in [0.25, 0.3) is 5.91 Å². The molecule has 3 aromatic rings. The second-order valence-corrected chi connectivity index (χ2v) is 5.63. The Bertz CT molecular complexity index is 821. The summed E-state index contributed by atoms with van der Waals surface area (Å²) in [7, 11) is 0. The van der Waals surface area contributed by atoms with Crippen molar-refractivity contribution in [3.05, 3.63) is 78.1 Å². The summed E-state index contributed by atoms with van der Waals surface area (Å²) < 4.78 is 10.4. The Balaban J connectivity index is 1.71. The quantitative estimate of drug-likeness (QED) is 0.747. The van der Waals surface area contributed by atoms with Gasteiger partial charge in [0.05, 0.1) is 19.1 Å². The van der Waals surface area contributed by atoms with Crippen LogP contribution in [0.1, 0.15) is 21.9 Å². The highest BCUT2D eigenvalue weighted by molar-refractivity contribution is 5.98. The topological polar surface area (TPSA) is 75.7 Å². The number of hydrogen-bond acceptors (Lipinski definition) is 4. The van der Waals surface area contributed by atoms with Crippen molar-refractivity contribution < 1.29 is 18.4 Å². The van der Waals surface area contributed by atoms with E-state index in [9.17, 15) is 9.59 Å². The molecule has 0 saturated heterocycles. The highest BCUT2D eigenvalue weighted by atomic mass is 16.3. The first-order valence-corrected chi connectivity index (χ1v) is 7.83. The fraction of sp³-hybridized carbons (Fsp3) is 0.158. The van der Waals surface area contributed by atoms with E-state index < -0.39 is 0 Å². The zero-order valence-electron chi connectivity index (χ0n) is 13.8. The highest BCUT2D eigenvalue weighted by Crippen LogP contribution is 2.13. The molecular weight excluding hydrogens is 320 g/mol. The molecule has 0 bridgehead atoms. The number of amides is 2. The van der Waals surface area contributed by atoms with Gasteiger partial charge in [0.15, 0.2) is 5.76 Å². The molecule has 2 amide bonds. The second kappa shape index (κ2) is 7.53. The third-order valence-corrected chi connectivity index (χ3v) is 3.62. The van der Waals surface area contributed by atoms with Gasteiger partial charge in [-0.3, -0.25) is 9.59 Å². The third kappa shape index (κ3) is 4.38. The largest absolute Gasteiger partial charge is 0.467 e. The molecule has 3 rings (SSSR count). The molecule has 128 valence electrons. The average Bonchev–Trinajstić information content (AvgIpc) is 3.29. The molecule has 0 spiro atoms. The van der Waals surface area contributed by atoms with Gasteiger partial charge in [-0.25, -0.2) is 0 Å². The third-order valence-electron chi connectivity index (χ3n) is 3.62. The van der Waals surface area contributed by atoms with Gasteiger partial charge in [0, 0.05) is 5.69 Å². The van der Waals surface area contributed by atoms with E-state index in [0.717, 1.165) is 5.56 Å². The molecule has 6 nitrogen and oxygen atoms in total. The minimum atomic E-state index is -0.375. The molecular formula is C19H18N2O4. The summed E-state index contributed by atoms with van der Waals surface area (Å²) in [5, 5.41) is 2.79. The van der Waals surface area contributed by atoms with Crippen molar-refractivity contribution in [1.29, 1.82) is 0 Å². The number of nitrogens with zero attached hydrogens (tertiary/aromatic N) is 1. The minimum absolute atomic E-state index is 0.117. The number of benzene rings is 1. The van der Waals surface area contributed by atoms with Crippen LogP contribution in [0.15, 0.2) is 69.9 Å². The maximum Gasteiger partial charge on any atom is 0.290 e. The Kier molecular flexibility index (Phi) is 4.99. The molecule has 6 heteroatoms. The van der Waals surface area contributed by atoms with Gasteiger partial charge in [-0.05, 0) is 43.3 Å². The first kappa shape index (κ1) is 16.6. The van der Waals surface area contributed by atoms with Gasteiger partial charge in [-0.2, -0.15) is 0 Å². The Morgan fingerprint density at radius 1 is 1.00 bits per heavy atom. The molecule has 0 aliphatic heterocycles. The summed E-state index contributed by atoms with van der Waals surface area (Å²) in [6.07, 6.45) is 2.95. The Hall–Kier alpha value is -3.28. The van der Waals surface area contributed by atoms with Gasteiger partial charge in [-0.15, -0.1) is 0 Å². The monoisotopic (exact) mass is 338 g/mol. The van der Waals surface area contributed by atoms with E-state index >= 15 is 0 Å². The lowest BCUT2D eigenvalue weighted by atomic mass is 10.2. The van der Waals surface area contributed by atoms with Crippen LogP contribution in [-0.4, -0.2) is 23.3 Å². The number of anilines is 1. The van der Waals surface area contributed by atoms with Crippen molar-refractivity contribution in [1.82, 2.24) is 4.90 Å². The summed E-state index contributed by atoms with van der Waals surface area (Å²) in [6, 6.07) is 14.1. The molecule has 0 saturated carbocycles. The van der Waals surface area contributed by atoms with Gasteiger partial charge in [0.1, 0.15) is 12.3 Å². The first-order chi connectivity index (χ1) is 12.1. The standard InChI is InChI=1S/C19H18N2O4/c1-14-6-8-15(9-7-14)20-18(22)13-21(12-16-4-2-10-24-16)19(23)17-5-3-11-25-17/h2-11H,12-13H2,1H3,(H,20,22). The molecule has 0 fully saturated rings. The van der Waals surface area contributed by atoms with Gasteiger partial charge >= 0.3 is 0 Å². The number of aryl methyl sites for hydroxylation is 1. The second-order valence-electron chi connectivity index (χ2n) is 5.63. The molecule has 0 unspecified atom stereocenters. The van der Waals surface area contributed by atoms with Crippen LogP contribution in [0.5, 0.6) is 0 Å². The summed E-state index contributed by atoms with van der Waals surface area (Å²) in [5.74, 6) is 0.0912. The van der Waals surface area contributed by atoms with E-state index in [2.05, 4.69) is 5.32 Å². The average molecular weight is 338 g/mol. The van der Waals surface area contributed by atoms with E-state index in [4.69, 9.17) is 8.83 Å². The molecule has 1 N–H and O–H groups in total. The summed E-state index contributed by atoms with van der Waals surface area (Å²) in [4.78, 5) is 26.3. The first-order valence-electron chi connectivity index (χ1n) is 7.83. The predicted molar refractivity (Wildman–Crippen MR) is 92.0 cm³/mol. The van der Waals surface area contributed by atoms with E-state index in [-0.39, 0.29) is 30.7 Å². The van der Waals surface area contributed by atoms with Crippen molar-refractivity contribution in [3.63, 3.8) is 0 Å². The number of rotatable bonds is 6. The molecule has 25 heavy (non-hydrogen) atoms. The lowest BCUT2D eigenvalue weighted by Crippen LogP contribution is -2.37. The SMILES string of the molecule is Cc1ccc(NC(=O)CN(Cc2ccco2)C(=O)c2ccco2)cc1. The fourth-order valence-electron chi connectivity index (χ4n) is 2.36. The Morgan fingerprint density at radius 3 is 2.36 bits per heavy atom. The zero-order chi connectivity index (χ0) is 17.6. The maximum atomic E-state index is 12.6. The van der Waals surface area contributed by atoms with Crippen LogP contribution in [0.3, 0.4) is 0 Å². The number of nitrogens with one attached hydrogen (secondary N) is 1.